The first-order valence-corrected chi connectivity index (χ1v) is 7.59. The van der Waals surface area contributed by atoms with E-state index < -0.39 is 0 Å². The third-order valence-electron chi connectivity index (χ3n) is 4.32. The number of rotatable bonds is 2. The van der Waals surface area contributed by atoms with Crippen LogP contribution in [0.25, 0.3) is 10.2 Å². The van der Waals surface area contributed by atoms with Crippen LogP contribution in [0.15, 0.2) is 18.2 Å². The van der Waals surface area contributed by atoms with Crippen LogP contribution in [0.4, 0.5) is 5.13 Å². The molecule has 3 atom stereocenters. The minimum absolute atomic E-state index is 0.599. The molecule has 1 fully saturated rings. The van der Waals surface area contributed by atoms with Gasteiger partial charge in [-0.2, -0.15) is 0 Å². The summed E-state index contributed by atoms with van der Waals surface area (Å²) in [5, 5.41) is 4.72. The summed E-state index contributed by atoms with van der Waals surface area (Å²) >= 11 is 1.78. The molecule has 1 aliphatic rings. The minimum atomic E-state index is 0.599. The van der Waals surface area contributed by atoms with Gasteiger partial charge in [0.1, 0.15) is 0 Å². The van der Waals surface area contributed by atoms with Gasteiger partial charge < -0.3 is 5.32 Å². The Bertz CT molecular complexity index is 561. The van der Waals surface area contributed by atoms with E-state index in [-0.39, 0.29) is 0 Å². The number of aryl methyl sites for hydroxylation is 1. The summed E-state index contributed by atoms with van der Waals surface area (Å²) in [6.45, 7) is 6.84. The first-order chi connectivity index (χ1) is 8.63. The van der Waals surface area contributed by atoms with Crippen molar-refractivity contribution in [3.63, 3.8) is 0 Å². The zero-order valence-electron chi connectivity index (χ0n) is 11.2. The number of nitrogens with one attached hydrogen (secondary N) is 1. The summed E-state index contributed by atoms with van der Waals surface area (Å²) in [5.41, 5.74) is 2.42. The van der Waals surface area contributed by atoms with Crippen LogP contribution < -0.4 is 5.32 Å². The van der Waals surface area contributed by atoms with Crippen molar-refractivity contribution in [2.75, 3.05) is 5.32 Å². The molecule has 1 heterocycles. The second-order valence-electron chi connectivity index (χ2n) is 5.65. The molecule has 2 nitrogen and oxygen atoms in total. The lowest BCUT2D eigenvalue weighted by Gasteiger charge is -2.18. The van der Waals surface area contributed by atoms with Crippen LogP contribution in [0.5, 0.6) is 0 Å². The summed E-state index contributed by atoms with van der Waals surface area (Å²) < 4.78 is 1.29. The van der Waals surface area contributed by atoms with E-state index >= 15 is 0 Å². The van der Waals surface area contributed by atoms with Gasteiger partial charge in [0, 0.05) is 6.04 Å². The average molecular weight is 260 g/mol. The van der Waals surface area contributed by atoms with Crippen LogP contribution in [0, 0.1) is 18.8 Å². The molecular formula is C15H20N2S. The van der Waals surface area contributed by atoms with Gasteiger partial charge in [-0.05, 0) is 49.3 Å². The first kappa shape index (κ1) is 12.0. The molecule has 3 heteroatoms. The number of nitrogens with zero attached hydrogens (tertiary/aromatic N) is 1. The third-order valence-corrected chi connectivity index (χ3v) is 5.27. The quantitative estimate of drug-likeness (QED) is 0.862. The Hall–Kier alpha value is -1.09. The van der Waals surface area contributed by atoms with E-state index in [0.29, 0.717) is 6.04 Å². The van der Waals surface area contributed by atoms with Crippen molar-refractivity contribution in [2.45, 2.75) is 39.7 Å². The van der Waals surface area contributed by atoms with Crippen LogP contribution in [0.2, 0.25) is 0 Å². The van der Waals surface area contributed by atoms with Gasteiger partial charge >= 0.3 is 0 Å². The molecule has 0 bridgehead atoms. The molecule has 0 spiro atoms. The van der Waals surface area contributed by atoms with Crippen LogP contribution in [0.1, 0.15) is 32.3 Å². The van der Waals surface area contributed by atoms with E-state index in [1.54, 1.807) is 11.3 Å². The Labute approximate surface area is 112 Å². The number of anilines is 1. The smallest absolute Gasteiger partial charge is 0.184 e. The van der Waals surface area contributed by atoms with Crippen LogP contribution >= 0.6 is 11.3 Å². The fraction of sp³-hybridized carbons (Fsp3) is 0.533. The van der Waals surface area contributed by atoms with Crippen molar-refractivity contribution in [3.8, 4) is 0 Å². The van der Waals surface area contributed by atoms with E-state index in [1.807, 2.05) is 0 Å². The normalized spacial score (nSPS) is 27.8. The van der Waals surface area contributed by atoms with Gasteiger partial charge in [0.15, 0.2) is 5.13 Å². The topological polar surface area (TPSA) is 24.9 Å². The first-order valence-electron chi connectivity index (χ1n) is 6.77. The molecule has 3 unspecified atom stereocenters. The zero-order valence-corrected chi connectivity index (χ0v) is 12.1. The van der Waals surface area contributed by atoms with Crippen molar-refractivity contribution in [3.05, 3.63) is 23.8 Å². The zero-order chi connectivity index (χ0) is 12.7. The molecule has 1 aromatic carbocycles. The molecule has 0 radical (unpaired) electrons. The van der Waals surface area contributed by atoms with Crippen molar-refractivity contribution < 1.29 is 0 Å². The Balaban J connectivity index is 1.83. The van der Waals surface area contributed by atoms with Crippen molar-refractivity contribution in [1.82, 2.24) is 4.98 Å². The summed E-state index contributed by atoms with van der Waals surface area (Å²) in [6.07, 6.45) is 2.61. The predicted octanol–water partition coefficient (Wildman–Crippen LogP) is 4.45. The second-order valence-corrected chi connectivity index (χ2v) is 6.69. The third kappa shape index (κ3) is 2.12. The molecule has 3 rings (SSSR count). The molecule has 0 saturated heterocycles. The van der Waals surface area contributed by atoms with E-state index in [9.17, 15) is 0 Å². The van der Waals surface area contributed by atoms with Crippen LogP contribution in [-0.2, 0) is 0 Å². The number of benzene rings is 1. The predicted molar refractivity (Wildman–Crippen MR) is 79.3 cm³/mol. The van der Waals surface area contributed by atoms with Gasteiger partial charge in [-0.15, -0.1) is 0 Å². The number of thiazole rings is 1. The monoisotopic (exact) mass is 260 g/mol. The fourth-order valence-corrected chi connectivity index (χ4v) is 3.85. The molecule has 18 heavy (non-hydrogen) atoms. The van der Waals surface area contributed by atoms with Crippen LogP contribution in [0.3, 0.4) is 0 Å². The summed E-state index contributed by atoms with van der Waals surface area (Å²) in [5.74, 6) is 1.58. The molecule has 1 aromatic heterocycles. The summed E-state index contributed by atoms with van der Waals surface area (Å²) in [6, 6.07) is 7.07. The van der Waals surface area contributed by atoms with Gasteiger partial charge in [0.05, 0.1) is 10.2 Å². The van der Waals surface area contributed by atoms with E-state index in [1.165, 1.54) is 23.1 Å². The Morgan fingerprint density at radius 1 is 1.28 bits per heavy atom. The minimum Gasteiger partial charge on any atom is -0.358 e. The molecule has 0 aliphatic heterocycles. The molecule has 1 aliphatic carbocycles. The maximum absolute atomic E-state index is 4.68. The molecule has 0 amide bonds. The Morgan fingerprint density at radius 3 is 2.83 bits per heavy atom. The molecule has 2 aromatic rings. The highest BCUT2D eigenvalue weighted by Crippen LogP contribution is 2.35. The molecule has 1 N–H and O–H groups in total. The number of hydrogen-bond acceptors (Lipinski definition) is 3. The number of hydrogen-bond donors (Lipinski definition) is 1. The highest BCUT2D eigenvalue weighted by molar-refractivity contribution is 7.22. The lowest BCUT2D eigenvalue weighted by atomic mass is 9.98. The highest BCUT2D eigenvalue weighted by Gasteiger charge is 2.30. The van der Waals surface area contributed by atoms with E-state index in [0.717, 1.165) is 22.5 Å². The largest absolute Gasteiger partial charge is 0.358 e. The van der Waals surface area contributed by atoms with Crippen LogP contribution in [-0.4, -0.2) is 11.0 Å². The van der Waals surface area contributed by atoms with E-state index in [4.69, 9.17) is 0 Å². The van der Waals surface area contributed by atoms with Gasteiger partial charge in [0.25, 0.3) is 0 Å². The second kappa shape index (κ2) is 4.54. The maximum atomic E-state index is 4.68. The van der Waals surface area contributed by atoms with Gasteiger partial charge in [-0.1, -0.05) is 31.3 Å². The number of fused-ring (bicyclic) bond motifs is 1. The van der Waals surface area contributed by atoms with Crippen molar-refractivity contribution in [1.29, 1.82) is 0 Å². The van der Waals surface area contributed by atoms with Gasteiger partial charge in [0.2, 0.25) is 0 Å². The molecule has 96 valence electrons. The summed E-state index contributed by atoms with van der Waals surface area (Å²) in [4.78, 5) is 4.68. The van der Waals surface area contributed by atoms with Gasteiger partial charge in [-0.25, -0.2) is 4.98 Å². The Morgan fingerprint density at radius 2 is 2.11 bits per heavy atom. The fourth-order valence-electron chi connectivity index (χ4n) is 2.82. The standard InChI is InChI=1S/C15H20N2S/c1-9-4-6-13-14(8-9)18-15(17-13)16-12-7-5-10(2)11(12)3/h4,6,8,10-12H,5,7H2,1-3H3,(H,16,17). The van der Waals surface area contributed by atoms with E-state index in [2.05, 4.69) is 49.3 Å². The maximum Gasteiger partial charge on any atom is 0.184 e. The SMILES string of the molecule is Cc1ccc2nc(NC3CCC(C)C3C)sc2c1. The molecule has 1 saturated carbocycles. The lowest BCUT2D eigenvalue weighted by Crippen LogP contribution is -2.23. The Kier molecular flexibility index (Phi) is 3.02. The summed E-state index contributed by atoms with van der Waals surface area (Å²) in [7, 11) is 0. The lowest BCUT2D eigenvalue weighted by molar-refractivity contribution is 0.435. The number of aromatic nitrogens is 1. The van der Waals surface area contributed by atoms with Crippen molar-refractivity contribution in [2.24, 2.45) is 11.8 Å². The average Bonchev–Trinajstić information content (AvgIpc) is 2.86. The van der Waals surface area contributed by atoms with Gasteiger partial charge in [-0.3, -0.25) is 0 Å². The molecular weight excluding hydrogens is 240 g/mol. The highest BCUT2D eigenvalue weighted by atomic mass is 32.1. The van der Waals surface area contributed by atoms with Crippen molar-refractivity contribution >= 4 is 26.7 Å².